The molecule has 3 nitrogen and oxygen atoms in total. The van der Waals surface area contributed by atoms with Gasteiger partial charge in [-0.25, -0.2) is 0 Å². The summed E-state index contributed by atoms with van der Waals surface area (Å²) in [5.74, 6) is 0. The fraction of sp³-hybridized carbons (Fsp3) is 0.0323. The van der Waals surface area contributed by atoms with Crippen molar-refractivity contribution in [3.05, 3.63) is 120 Å². The van der Waals surface area contributed by atoms with Crippen molar-refractivity contribution < 1.29 is 24.5 Å². The number of hydrogen-bond acceptors (Lipinski definition) is 4. The first kappa shape index (κ1) is 24.1. The normalized spacial score (nSPS) is 10.7. The molecule has 177 valence electrons. The van der Waals surface area contributed by atoms with Gasteiger partial charge in [-0.3, -0.25) is 0 Å². The predicted molar refractivity (Wildman–Crippen MR) is 144 cm³/mol. The quantitative estimate of drug-likeness (QED) is 0.175. The molecule has 0 unspecified atom stereocenters. The van der Waals surface area contributed by atoms with Crippen LogP contribution in [0, 0.1) is 19.1 Å². The van der Waals surface area contributed by atoms with Crippen molar-refractivity contribution in [2.24, 2.45) is 0 Å². The Labute approximate surface area is 226 Å². The third-order valence-electron chi connectivity index (χ3n) is 5.82. The zero-order valence-electron chi connectivity index (χ0n) is 19.4. The van der Waals surface area contributed by atoms with Crippen LogP contribution in [0.15, 0.2) is 107 Å². The SMILES string of the molecule is Cc1ccc(-c2[c-]ccc3c2oc2cc4ccsc4cc23)nc1.[Ir].[c-]1ccccc1-c1ccccn1. The van der Waals surface area contributed by atoms with E-state index in [4.69, 9.17) is 4.42 Å². The van der Waals surface area contributed by atoms with Gasteiger partial charge in [0.05, 0.1) is 5.58 Å². The van der Waals surface area contributed by atoms with Crippen molar-refractivity contribution in [1.82, 2.24) is 9.97 Å². The molecule has 0 bridgehead atoms. The third-order valence-corrected chi connectivity index (χ3v) is 6.70. The Kier molecular flexibility index (Phi) is 7.06. The first-order valence-corrected chi connectivity index (χ1v) is 12.2. The summed E-state index contributed by atoms with van der Waals surface area (Å²) >= 11 is 1.75. The van der Waals surface area contributed by atoms with Gasteiger partial charge >= 0.3 is 0 Å². The topological polar surface area (TPSA) is 38.9 Å². The molecular weight excluding hydrogens is 641 g/mol. The maximum absolute atomic E-state index is 6.18. The number of benzene rings is 3. The first-order chi connectivity index (χ1) is 17.3. The van der Waals surface area contributed by atoms with Crippen molar-refractivity contribution in [3.63, 3.8) is 0 Å². The van der Waals surface area contributed by atoms with E-state index in [2.05, 4.69) is 57.8 Å². The largest absolute Gasteiger partial charge is 0.501 e. The molecule has 0 atom stereocenters. The molecule has 36 heavy (non-hydrogen) atoms. The molecular formula is C31H20IrN2OS-2. The van der Waals surface area contributed by atoms with Gasteiger partial charge in [0.1, 0.15) is 5.58 Å². The molecule has 0 aliphatic heterocycles. The van der Waals surface area contributed by atoms with E-state index in [0.29, 0.717) is 0 Å². The molecule has 4 aromatic heterocycles. The van der Waals surface area contributed by atoms with Crippen LogP contribution in [0.4, 0.5) is 0 Å². The van der Waals surface area contributed by atoms with Crippen LogP contribution in [0.25, 0.3) is 54.5 Å². The van der Waals surface area contributed by atoms with E-state index in [1.165, 1.54) is 10.1 Å². The van der Waals surface area contributed by atoms with Gasteiger partial charge in [0.15, 0.2) is 0 Å². The number of rotatable bonds is 2. The van der Waals surface area contributed by atoms with Crippen molar-refractivity contribution in [2.75, 3.05) is 0 Å². The number of hydrogen-bond donors (Lipinski definition) is 0. The van der Waals surface area contributed by atoms with E-state index in [1.807, 2.05) is 67.7 Å². The van der Waals surface area contributed by atoms with Crippen LogP contribution in [0.5, 0.6) is 0 Å². The number of nitrogens with zero attached hydrogens (tertiary/aromatic N) is 2. The standard InChI is InChI=1S/C20H12NOS.C11H8N.Ir/c1-12-5-6-17(21-11-12)15-4-2-3-14-16-10-19-13(7-8-23-19)9-18(16)22-20(14)15;1-2-6-10(7-3-1)11-8-4-5-9-12-11;/h2-3,5-11H,1H3;1-6,8-9H;/q2*-1;. The zero-order chi connectivity index (χ0) is 23.6. The summed E-state index contributed by atoms with van der Waals surface area (Å²) in [7, 11) is 0. The summed E-state index contributed by atoms with van der Waals surface area (Å²) in [5.41, 5.74) is 6.74. The number of thiophene rings is 1. The molecule has 0 amide bonds. The minimum Gasteiger partial charge on any atom is -0.501 e. The van der Waals surface area contributed by atoms with Gasteiger partial charge in [0.25, 0.3) is 0 Å². The predicted octanol–water partition coefficient (Wildman–Crippen LogP) is 8.52. The van der Waals surface area contributed by atoms with Crippen molar-refractivity contribution in [3.8, 4) is 22.5 Å². The Hall–Kier alpha value is -3.63. The maximum atomic E-state index is 6.18. The van der Waals surface area contributed by atoms with Crippen molar-refractivity contribution >= 4 is 43.4 Å². The summed E-state index contributed by atoms with van der Waals surface area (Å²) in [4.78, 5) is 8.74. The fourth-order valence-corrected chi connectivity index (χ4v) is 4.89. The molecule has 1 radical (unpaired) electrons. The van der Waals surface area contributed by atoms with Crippen LogP contribution < -0.4 is 0 Å². The molecule has 3 aromatic carbocycles. The van der Waals surface area contributed by atoms with Gasteiger partial charge in [-0.1, -0.05) is 35.2 Å². The van der Waals surface area contributed by atoms with E-state index < -0.39 is 0 Å². The van der Waals surface area contributed by atoms with E-state index >= 15 is 0 Å². The number of furan rings is 1. The molecule has 4 heterocycles. The number of aryl methyl sites for hydroxylation is 1. The molecule has 0 saturated heterocycles. The van der Waals surface area contributed by atoms with E-state index in [1.54, 1.807) is 17.5 Å². The second-order valence-electron chi connectivity index (χ2n) is 8.22. The Morgan fingerprint density at radius 3 is 2.50 bits per heavy atom. The van der Waals surface area contributed by atoms with Gasteiger partial charge in [0.2, 0.25) is 0 Å². The van der Waals surface area contributed by atoms with Gasteiger partial charge in [-0.05, 0) is 58.9 Å². The monoisotopic (exact) mass is 661 g/mol. The van der Waals surface area contributed by atoms with Crippen LogP contribution in [0.1, 0.15) is 5.56 Å². The minimum absolute atomic E-state index is 0. The maximum Gasteiger partial charge on any atom is 0.121 e. The van der Waals surface area contributed by atoms with Crippen molar-refractivity contribution in [2.45, 2.75) is 6.92 Å². The molecule has 0 aliphatic carbocycles. The summed E-state index contributed by atoms with van der Waals surface area (Å²) in [5, 5.41) is 5.60. The van der Waals surface area contributed by atoms with Crippen LogP contribution >= 0.6 is 11.3 Å². The first-order valence-electron chi connectivity index (χ1n) is 11.3. The average Bonchev–Trinajstić information content (AvgIpc) is 3.53. The molecule has 0 saturated carbocycles. The van der Waals surface area contributed by atoms with E-state index in [-0.39, 0.29) is 20.1 Å². The van der Waals surface area contributed by atoms with Crippen molar-refractivity contribution in [1.29, 1.82) is 0 Å². The Morgan fingerprint density at radius 1 is 0.806 bits per heavy atom. The Balaban J connectivity index is 0.000000175. The molecule has 0 fully saturated rings. The van der Waals surface area contributed by atoms with Crippen LogP contribution in [-0.2, 0) is 20.1 Å². The second-order valence-corrected chi connectivity index (χ2v) is 9.16. The molecule has 0 aliphatic rings. The molecule has 7 aromatic rings. The zero-order valence-corrected chi connectivity index (χ0v) is 22.6. The Morgan fingerprint density at radius 2 is 1.72 bits per heavy atom. The Bertz CT molecular complexity index is 1700. The van der Waals surface area contributed by atoms with Gasteiger partial charge in [-0.2, -0.15) is 0 Å². The van der Waals surface area contributed by atoms with Gasteiger partial charge < -0.3 is 14.4 Å². The van der Waals surface area contributed by atoms with Crippen LogP contribution in [0.3, 0.4) is 0 Å². The van der Waals surface area contributed by atoms with E-state index in [9.17, 15) is 0 Å². The number of pyridine rings is 2. The van der Waals surface area contributed by atoms with Crippen LogP contribution in [-0.4, -0.2) is 9.97 Å². The molecule has 0 spiro atoms. The summed E-state index contributed by atoms with van der Waals surface area (Å²) in [6, 6.07) is 34.7. The number of aromatic nitrogens is 2. The fourth-order valence-electron chi connectivity index (χ4n) is 4.08. The smallest absolute Gasteiger partial charge is 0.121 e. The second kappa shape index (κ2) is 10.5. The van der Waals surface area contributed by atoms with Gasteiger partial charge in [0, 0.05) is 42.6 Å². The molecule has 0 N–H and O–H groups in total. The third kappa shape index (κ3) is 4.74. The van der Waals surface area contributed by atoms with E-state index in [0.717, 1.165) is 50.0 Å². The molecule has 7 rings (SSSR count). The molecule has 5 heteroatoms. The van der Waals surface area contributed by atoms with Gasteiger partial charge in [-0.15, -0.1) is 65.4 Å². The summed E-state index contributed by atoms with van der Waals surface area (Å²) in [6.45, 7) is 2.04. The van der Waals surface area contributed by atoms with Crippen LogP contribution in [0.2, 0.25) is 0 Å². The summed E-state index contributed by atoms with van der Waals surface area (Å²) in [6.07, 6.45) is 3.66. The minimum atomic E-state index is 0. The average molecular weight is 661 g/mol. The summed E-state index contributed by atoms with van der Waals surface area (Å²) < 4.78 is 7.46. The number of fused-ring (bicyclic) bond motifs is 4.